The molecule has 0 radical (unpaired) electrons. The van der Waals surface area contributed by atoms with Crippen LogP contribution in [0.1, 0.15) is 19.8 Å². The lowest BCUT2D eigenvalue weighted by atomic mass is 10.3. The Hall–Kier alpha value is -1.82. The van der Waals surface area contributed by atoms with E-state index < -0.39 is 0 Å². The second-order valence-electron chi connectivity index (χ2n) is 5.03. The molecule has 6 heteroatoms. The van der Waals surface area contributed by atoms with Crippen molar-refractivity contribution in [1.29, 1.82) is 0 Å². The van der Waals surface area contributed by atoms with Crippen molar-refractivity contribution in [1.82, 2.24) is 4.57 Å². The first-order valence-electron chi connectivity index (χ1n) is 6.78. The molecule has 20 heavy (non-hydrogen) atoms. The summed E-state index contributed by atoms with van der Waals surface area (Å²) >= 11 is 1.53. The molecular formula is C14H14N2O3S. The maximum atomic E-state index is 11.9. The molecule has 0 atom stereocenters. The monoisotopic (exact) mass is 290 g/mol. The first-order chi connectivity index (χ1) is 9.76. The van der Waals surface area contributed by atoms with Gasteiger partial charge in [0.2, 0.25) is 6.79 Å². The maximum Gasteiger partial charge on any atom is 0.251 e. The zero-order chi connectivity index (χ0) is 13.7. The second kappa shape index (κ2) is 4.34. The number of benzene rings is 1. The van der Waals surface area contributed by atoms with Crippen molar-refractivity contribution < 1.29 is 14.3 Å². The smallest absolute Gasteiger partial charge is 0.251 e. The number of ether oxygens (including phenoxy) is 2. The molecule has 1 aromatic carbocycles. The van der Waals surface area contributed by atoms with Crippen LogP contribution in [-0.2, 0) is 11.3 Å². The molecule has 1 aliphatic carbocycles. The Bertz CT molecular complexity index is 771. The molecule has 0 N–H and O–H groups in total. The van der Waals surface area contributed by atoms with E-state index in [-0.39, 0.29) is 18.6 Å². The van der Waals surface area contributed by atoms with Crippen LogP contribution < -0.4 is 14.3 Å². The van der Waals surface area contributed by atoms with E-state index >= 15 is 0 Å². The number of amides is 1. The number of hydrogen-bond donors (Lipinski definition) is 0. The summed E-state index contributed by atoms with van der Waals surface area (Å²) in [6.45, 7) is 3.10. The highest BCUT2D eigenvalue weighted by Crippen LogP contribution is 2.37. The van der Waals surface area contributed by atoms with E-state index in [9.17, 15) is 4.79 Å². The number of thiazole rings is 1. The minimum atomic E-state index is 0.0128. The van der Waals surface area contributed by atoms with Gasteiger partial charge in [0.15, 0.2) is 16.3 Å². The van der Waals surface area contributed by atoms with Crippen molar-refractivity contribution in [2.45, 2.75) is 26.3 Å². The van der Waals surface area contributed by atoms with E-state index in [0.29, 0.717) is 0 Å². The third kappa shape index (κ3) is 1.83. The molecule has 0 unspecified atom stereocenters. The summed E-state index contributed by atoms with van der Waals surface area (Å²) in [5, 5.41) is 0. The summed E-state index contributed by atoms with van der Waals surface area (Å²) in [4.78, 5) is 17.0. The number of hydrogen-bond acceptors (Lipinski definition) is 4. The largest absolute Gasteiger partial charge is 0.454 e. The predicted molar refractivity (Wildman–Crippen MR) is 74.9 cm³/mol. The lowest BCUT2D eigenvalue weighted by molar-refractivity contribution is -0.119. The number of aromatic nitrogens is 1. The van der Waals surface area contributed by atoms with Crippen LogP contribution in [0.3, 0.4) is 0 Å². The molecule has 0 saturated heterocycles. The Morgan fingerprint density at radius 3 is 2.85 bits per heavy atom. The highest BCUT2D eigenvalue weighted by molar-refractivity contribution is 7.16. The van der Waals surface area contributed by atoms with Crippen LogP contribution in [0.4, 0.5) is 0 Å². The molecule has 2 aliphatic rings. The van der Waals surface area contributed by atoms with E-state index in [0.717, 1.165) is 45.9 Å². The summed E-state index contributed by atoms with van der Waals surface area (Å²) in [5.74, 6) is 1.70. The van der Waals surface area contributed by atoms with Crippen molar-refractivity contribution in [3.63, 3.8) is 0 Å². The molecule has 1 saturated carbocycles. The van der Waals surface area contributed by atoms with Crippen LogP contribution in [0.2, 0.25) is 0 Å². The molecule has 1 fully saturated rings. The fraction of sp³-hybridized carbons (Fsp3) is 0.429. The first kappa shape index (κ1) is 12.0. The third-order valence-corrected chi connectivity index (χ3v) is 4.67. The SMILES string of the molecule is CCn1c(=NC(=O)C2CC2)sc2cc3c(cc21)OCO3. The van der Waals surface area contributed by atoms with Gasteiger partial charge in [0.05, 0.1) is 10.2 Å². The Morgan fingerprint density at radius 1 is 1.40 bits per heavy atom. The molecule has 5 nitrogen and oxygen atoms in total. The van der Waals surface area contributed by atoms with Crippen molar-refractivity contribution in [2.24, 2.45) is 10.9 Å². The number of carbonyl (C=O) groups excluding carboxylic acids is 1. The molecule has 2 aromatic rings. The third-order valence-electron chi connectivity index (χ3n) is 3.63. The number of fused-ring (bicyclic) bond motifs is 2. The van der Waals surface area contributed by atoms with E-state index in [1.54, 1.807) is 0 Å². The van der Waals surface area contributed by atoms with Gasteiger partial charge in [-0.2, -0.15) is 4.99 Å². The summed E-state index contributed by atoms with van der Waals surface area (Å²) in [6.07, 6.45) is 1.96. The van der Waals surface area contributed by atoms with Crippen LogP contribution in [0.15, 0.2) is 17.1 Å². The number of nitrogens with zero attached hydrogens (tertiary/aromatic N) is 2. The fourth-order valence-electron chi connectivity index (χ4n) is 2.37. The van der Waals surface area contributed by atoms with Crippen LogP contribution >= 0.6 is 11.3 Å². The van der Waals surface area contributed by atoms with Crippen LogP contribution in [0.5, 0.6) is 11.5 Å². The molecule has 0 spiro atoms. The Labute approximate surface area is 119 Å². The molecule has 2 heterocycles. The second-order valence-corrected chi connectivity index (χ2v) is 6.04. The molecule has 0 bridgehead atoms. The summed E-state index contributed by atoms with van der Waals surface area (Å²) in [7, 11) is 0. The molecule has 1 aliphatic heterocycles. The molecule has 1 aromatic heterocycles. The van der Waals surface area contributed by atoms with Gasteiger partial charge in [0.1, 0.15) is 0 Å². The van der Waals surface area contributed by atoms with Crippen molar-refractivity contribution in [3.8, 4) is 11.5 Å². The van der Waals surface area contributed by atoms with Gasteiger partial charge in [-0.3, -0.25) is 4.79 Å². The van der Waals surface area contributed by atoms with Gasteiger partial charge in [-0.15, -0.1) is 0 Å². The molecule has 4 rings (SSSR count). The lowest BCUT2D eigenvalue weighted by Gasteiger charge is -2.01. The summed E-state index contributed by atoms with van der Waals surface area (Å²) < 4.78 is 13.9. The van der Waals surface area contributed by atoms with E-state index in [1.165, 1.54) is 11.3 Å². The van der Waals surface area contributed by atoms with Crippen LogP contribution in [0.25, 0.3) is 10.2 Å². The van der Waals surface area contributed by atoms with Gasteiger partial charge in [-0.25, -0.2) is 0 Å². The quantitative estimate of drug-likeness (QED) is 0.852. The van der Waals surface area contributed by atoms with E-state index in [1.807, 2.05) is 12.1 Å². The highest BCUT2D eigenvalue weighted by atomic mass is 32.1. The number of aryl methyl sites for hydroxylation is 1. The summed E-state index contributed by atoms with van der Waals surface area (Å²) in [6, 6.07) is 3.94. The Morgan fingerprint density at radius 2 is 2.15 bits per heavy atom. The van der Waals surface area contributed by atoms with Gasteiger partial charge in [0.25, 0.3) is 5.91 Å². The topological polar surface area (TPSA) is 52.8 Å². The van der Waals surface area contributed by atoms with Gasteiger partial charge >= 0.3 is 0 Å². The van der Waals surface area contributed by atoms with Gasteiger partial charge in [0, 0.05) is 24.6 Å². The maximum absolute atomic E-state index is 11.9. The standard InChI is InChI=1S/C14H14N2O3S/c1-2-16-9-5-10-11(19-7-18-10)6-12(9)20-14(16)15-13(17)8-3-4-8/h5-6,8H,2-4,7H2,1H3. The minimum Gasteiger partial charge on any atom is -0.454 e. The normalized spacial score (nSPS) is 17.9. The number of rotatable bonds is 2. The van der Waals surface area contributed by atoms with Crippen molar-refractivity contribution >= 4 is 27.5 Å². The molecule has 104 valence electrons. The zero-order valence-corrected chi connectivity index (χ0v) is 11.9. The fourth-order valence-corrected chi connectivity index (χ4v) is 3.48. The predicted octanol–water partition coefficient (Wildman–Crippen LogP) is 2.29. The highest BCUT2D eigenvalue weighted by Gasteiger charge is 2.29. The van der Waals surface area contributed by atoms with Gasteiger partial charge < -0.3 is 14.0 Å². The summed E-state index contributed by atoms with van der Waals surface area (Å²) in [5.41, 5.74) is 1.05. The molecule has 1 amide bonds. The molecular weight excluding hydrogens is 276 g/mol. The number of carbonyl (C=O) groups is 1. The Balaban J connectivity index is 1.91. The van der Waals surface area contributed by atoms with E-state index in [4.69, 9.17) is 9.47 Å². The first-order valence-corrected chi connectivity index (χ1v) is 7.59. The Kier molecular flexibility index (Phi) is 2.60. The zero-order valence-electron chi connectivity index (χ0n) is 11.1. The van der Waals surface area contributed by atoms with Crippen LogP contribution in [0, 0.1) is 5.92 Å². The van der Waals surface area contributed by atoms with Crippen LogP contribution in [-0.4, -0.2) is 17.3 Å². The van der Waals surface area contributed by atoms with Gasteiger partial charge in [-0.05, 0) is 19.8 Å². The van der Waals surface area contributed by atoms with E-state index in [2.05, 4.69) is 16.5 Å². The average Bonchev–Trinajstić information content (AvgIpc) is 3.11. The minimum absolute atomic E-state index is 0.0128. The van der Waals surface area contributed by atoms with Crippen molar-refractivity contribution in [3.05, 3.63) is 16.9 Å². The van der Waals surface area contributed by atoms with Gasteiger partial charge in [-0.1, -0.05) is 11.3 Å². The lowest BCUT2D eigenvalue weighted by Crippen LogP contribution is -2.16. The van der Waals surface area contributed by atoms with Crippen molar-refractivity contribution in [2.75, 3.05) is 6.79 Å². The average molecular weight is 290 g/mol.